The van der Waals surface area contributed by atoms with Crippen molar-refractivity contribution in [3.63, 3.8) is 0 Å². The van der Waals surface area contributed by atoms with Gasteiger partial charge in [-0.25, -0.2) is 0 Å². The number of carbonyl (C=O) groups excluding carboxylic acids is 1. The van der Waals surface area contributed by atoms with E-state index in [1.54, 1.807) is 24.3 Å². The molecular formula is C14H19NO4. The Kier molecular flexibility index (Phi) is 5.85. The molecule has 19 heavy (non-hydrogen) atoms. The van der Waals surface area contributed by atoms with E-state index in [0.717, 1.165) is 12.8 Å². The van der Waals surface area contributed by atoms with Crippen LogP contribution in [-0.2, 0) is 4.79 Å². The number of benzene rings is 1. The maximum Gasteiger partial charge on any atom is 0.325 e. The molecule has 0 bridgehead atoms. The zero-order chi connectivity index (χ0) is 14.3. The predicted octanol–water partition coefficient (Wildman–Crippen LogP) is 2.07. The average molecular weight is 265 g/mol. The summed E-state index contributed by atoms with van der Waals surface area (Å²) in [6.07, 6.45) is 2.05. The lowest BCUT2D eigenvalue weighted by atomic mass is 10.2. The third-order valence-corrected chi connectivity index (χ3v) is 2.60. The maximum absolute atomic E-state index is 11.7. The molecule has 0 saturated carbocycles. The van der Waals surface area contributed by atoms with Crippen molar-refractivity contribution in [2.75, 3.05) is 6.61 Å². The molecule has 2 N–H and O–H groups in total. The summed E-state index contributed by atoms with van der Waals surface area (Å²) in [5.74, 6) is -0.765. The van der Waals surface area contributed by atoms with Crippen molar-refractivity contribution < 1.29 is 19.4 Å². The van der Waals surface area contributed by atoms with Gasteiger partial charge in [0.15, 0.2) is 0 Å². The number of hydrogen-bond donors (Lipinski definition) is 2. The van der Waals surface area contributed by atoms with Gasteiger partial charge in [-0.2, -0.15) is 0 Å². The van der Waals surface area contributed by atoms with E-state index in [0.29, 0.717) is 17.9 Å². The molecular weight excluding hydrogens is 246 g/mol. The van der Waals surface area contributed by atoms with E-state index in [2.05, 4.69) is 12.2 Å². The Morgan fingerprint density at radius 3 is 2.47 bits per heavy atom. The van der Waals surface area contributed by atoms with Crippen LogP contribution in [0.3, 0.4) is 0 Å². The van der Waals surface area contributed by atoms with Gasteiger partial charge in [-0.1, -0.05) is 13.3 Å². The molecule has 0 fully saturated rings. The van der Waals surface area contributed by atoms with Crippen molar-refractivity contribution in [3.05, 3.63) is 29.8 Å². The highest BCUT2D eigenvalue weighted by Crippen LogP contribution is 2.12. The van der Waals surface area contributed by atoms with Crippen LogP contribution in [0.15, 0.2) is 24.3 Å². The molecule has 104 valence electrons. The van der Waals surface area contributed by atoms with Gasteiger partial charge >= 0.3 is 5.97 Å². The maximum atomic E-state index is 11.7. The molecule has 0 radical (unpaired) electrons. The number of ether oxygens (including phenoxy) is 1. The van der Waals surface area contributed by atoms with Crippen molar-refractivity contribution >= 4 is 11.9 Å². The van der Waals surface area contributed by atoms with Crippen molar-refractivity contribution in [1.29, 1.82) is 0 Å². The van der Waals surface area contributed by atoms with E-state index in [1.807, 2.05) is 0 Å². The molecule has 0 aliphatic carbocycles. The topological polar surface area (TPSA) is 75.6 Å². The van der Waals surface area contributed by atoms with Gasteiger partial charge < -0.3 is 15.2 Å². The second-order valence-electron chi connectivity index (χ2n) is 4.26. The summed E-state index contributed by atoms with van der Waals surface area (Å²) in [4.78, 5) is 22.3. The molecule has 1 aromatic carbocycles. The molecule has 0 spiro atoms. The molecule has 0 unspecified atom stereocenters. The fraction of sp³-hybridized carbons (Fsp3) is 0.429. The lowest BCUT2D eigenvalue weighted by Gasteiger charge is -2.10. The zero-order valence-electron chi connectivity index (χ0n) is 11.2. The Hall–Kier alpha value is -2.04. The number of unbranched alkanes of at least 4 members (excludes halogenated alkanes) is 1. The Balaban J connectivity index is 2.55. The minimum Gasteiger partial charge on any atom is -0.494 e. The average Bonchev–Trinajstić information content (AvgIpc) is 2.39. The van der Waals surface area contributed by atoms with Gasteiger partial charge in [0.05, 0.1) is 6.61 Å². The molecule has 5 nitrogen and oxygen atoms in total. The molecule has 1 rings (SSSR count). The quantitative estimate of drug-likeness (QED) is 0.740. The Morgan fingerprint density at radius 2 is 1.95 bits per heavy atom. The van der Waals surface area contributed by atoms with Crippen LogP contribution in [0.4, 0.5) is 0 Å². The van der Waals surface area contributed by atoms with Gasteiger partial charge in [-0.15, -0.1) is 0 Å². The second-order valence-corrected chi connectivity index (χ2v) is 4.26. The summed E-state index contributed by atoms with van der Waals surface area (Å²) in [5, 5.41) is 11.1. The first-order valence-corrected chi connectivity index (χ1v) is 6.31. The van der Waals surface area contributed by atoms with Crippen LogP contribution in [0.2, 0.25) is 0 Å². The first-order valence-electron chi connectivity index (χ1n) is 6.31. The first-order chi connectivity index (χ1) is 9.04. The molecule has 1 atom stereocenters. The molecule has 0 aliphatic heterocycles. The highest BCUT2D eigenvalue weighted by Gasteiger charge is 2.14. The van der Waals surface area contributed by atoms with Crippen molar-refractivity contribution in [2.24, 2.45) is 0 Å². The standard InChI is InChI=1S/C14H19NO4/c1-3-4-9-19-12-7-5-11(6-8-12)13(16)15-10(2)14(17)18/h5-8,10H,3-4,9H2,1-2H3,(H,15,16)(H,17,18)/t10-/m0/s1. The van der Waals surface area contributed by atoms with E-state index >= 15 is 0 Å². The smallest absolute Gasteiger partial charge is 0.325 e. The molecule has 0 saturated heterocycles. The lowest BCUT2D eigenvalue weighted by Crippen LogP contribution is -2.38. The number of hydrogen-bond acceptors (Lipinski definition) is 3. The SMILES string of the molecule is CCCCOc1ccc(C(=O)N[C@@H](C)C(=O)O)cc1. The third-order valence-electron chi connectivity index (χ3n) is 2.60. The number of rotatable bonds is 7. The predicted molar refractivity (Wildman–Crippen MR) is 71.4 cm³/mol. The number of carboxylic acids is 1. The minimum absolute atomic E-state index is 0.407. The number of carboxylic acid groups (broad SMARTS) is 1. The molecule has 0 aromatic heterocycles. The lowest BCUT2D eigenvalue weighted by molar-refractivity contribution is -0.138. The van der Waals surface area contributed by atoms with E-state index in [1.165, 1.54) is 6.92 Å². The Bertz CT molecular complexity index is 428. The fourth-order valence-electron chi connectivity index (χ4n) is 1.38. The monoisotopic (exact) mass is 265 g/mol. The number of amides is 1. The largest absolute Gasteiger partial charge is 0.494 e. The summed E-state index contributed by atoms with van der Waals surface area (Å²) in [7, 11) is 0. The van der Waals surface area contributed by atoms with Gasteiger partial charge in [-0.05, 0) is 37.6 Å². The van der Waals surface area contributed by atoms with E-state index in [4.69, 9.17) is 9.84 Å². The van der Waals surface area contributed by atoms with Crippen LogP contribution in [0.5, 0.6) is 5.75 Å². The van der Waals surface area contributed by atoms with Gasteiger partial charge in [0.1, 0.15) is 11.8 Å². The van der Waals surface area contributed by atoms with Crippen LogP contribution in [0.1, 0.15) is 37.0 Å². The van der Waals surface area contributed by atoms with E-state index < -0.39 is 17.9 Å². The van der Waals surface area contributed by atoms with E-state index in [-0.39, 0.29) is 0 Å². The van der Waals surface area contributed by atoms with Crippen LogP contribution in [0.25, 0.3) is 0 Å². The van der Waals surface area contributed by atoms with Crippen molar-refractivity contribution in [2.45, 2.75) is 32.7 Å². The summed E-state index contributed by atoms with van der Waals surface area (Å²) < 4.78 is 5.47. The van der Waals surface area contributed by atoms with Crippen molar-refractivity contribution in [1.82, 2.24) is 5.32 Å². The molecule has 1 aromatic rings. The number of nitrogens with one attached hydrogen (secondary N) is 1. The molecule has 0 aliphatic rings. The van der Waals surface area contributed by atoms with E-state index in [9.17, 15) is 9.59 Å². The summed E-state index contributed by atoms with van der Waals surface area (Å²) in [6.45, 7) is 4.15. The van der Waals surface area contributed by atoms with Crippen molar-refractivity contribution in [3.8, 4) is 5.75 Å². The van der Waals surface area contributed by atoms with Crippen LogP contribution in [-0.4, -0.2) is 29.6 Å². The normalized spacial score (nSPS) is 11.7. The summed E-state index contributed by atoms with van der Waals surface area (Å²) >= 11 is 0. The highest BCUT2D eigenvalue weighted by molar-refractivity contribution is 5.96. The first kappa shape index (κ1) is 15.0. The number of carbonyl (C=O) groups is 2. The second kappa shape index (κ2) is 7.41. The van der Waals surface area contributed by atoms with Gasteiger partial charge in [-0.3, -0.25) is 9.59 Å². The fourth-order valence-corrected chi connectivity index (χ4v) is 1.38. The van der Waals surface area contributed by atoms with Gasteiger partial charge in [0, 0.05) is 5.56 Å². The minimum atomic E-state index is -1.06. The molecule has 1 amide bonds. The van der Waals surface area contributed by atoms with Crippen LogP contribution in [0, 0.1) is 0 Å². The number of aliphatic carboxylic acids is 1. The highest BCUT2D eigenvalue weighted by atomic mass is 16.5. The molecule has 5 heteroatoms. The third kappa shape index (κ3) is 4.99. The molecule has 0 heterocycles. The van der Waals surface area contributed by atoms with Gasteiger partial charge in [0.25, 0.3) is 5.91 Å². The van der Waals surface area contributed by atoms with Crippen LogP contribution < -0.4 is 10.1 Å². The summed E-state index contributed by atoms with van der Waals surface area (Å²) in [6, 6.07) is 5.73. The van der Waals surface area contributed by atoms with Gasteiger partial charge in [0.2, 0.25) is 0 Å². The Labute approximate surface area is 112 Å². The summed E-state index contributed by atoms with van der Waals surface area (Å²) in [5.41, 5.74) is 0.413. The Morgan fingerprint density at radius 1 is 1.32 bits per heavy atom. The van der Waals surface area contributed by atoms with Crippen LogP contribution >= 0.6 is 0 Å². The zero-order valence-corrected chi connectivity index (χ0v) is 11.2.